The van der Waals surface area contributed by atoms with E-state index in [0.717, 1.165) is 21.9 Å². The van der Waals surface area contributed by atoms with Gasteiger partial charge in [0.2, 0.25) is 0 Å². The van der Waals surface area contributed by atoms with Gasteiger partial charge < -0.3 is 15.0 Å². The van der Waals surface area contributed by atoms with Crippen molar-refractivity contribution >= 4 is 38.5 Å². The van der Waals surface area contributed by atoms with E-state index in [1.54, 1.807) is 12.1 Å². The Morgan fingerprint density at radius 2 is 2.03 bits per heavy atom. The van der Waals surface area contributed by atoms with Crippen molar-refractivity contribution in [3.05, 3.63) is 53.6 Å². The van der Waals surface area contributed by atoms with E-state index < -0.39 is 10.0 Å². The van der Waals surface area contributed by atoms with E-state index in [1.807, 2.05) is 49.1 Å². The summed E-state index contributed by atoms with van der Waals surface area (Å²) < 4.78 is 32.8. The highest BCUT2D eigenvalue weighted by atomic mass is 32.2. The van der Waals surface area contributed by atoms with Crippen LogP contribution in [0.1, 0.15) is 35.8 Å². The van der Waals surface area contributed by atoms with E-state index in [9.17, 15) is 13.2 Å². The van der Waals surface area contributed by atoms with Crippen molar-refractivity contribution in [2.45, 2.75) is 24.8 Å². The van der Waals surface area contributed by atoms with Crippen LogP contribution in [0.3, 0.4) is 0 Å². The lowest BCUT2D eigenvalue weighted by molar-refractivity contribution is 0.0939. The molecule has 0 saturated heterocycles. The lowest BCUT2D eigenvalue weighted by Crippen LogP contribution is -2.35. The number of sulfonamides is 1. The number of nitrogens with one attached hydrogen (secondary N) is 1. The number of carbonyl (C=O) groups is 1. The second kappa shape index (κ2) is 7.72. The summed E-state index contributed by atoms with van der Waals surface area (Å²) in [6, 6.07) is 12.9. The van der Waals surface area contributed by atoms with Crippen LogP contribution in [-0.4, -0.2) is 38.4 Å². The van der Waals surface area contributed by atoms with Crippen molar-refractivity contribution in [2.24, 2.45) is 4.40 Å². The molecule has 0 fully saturated rings. The second-order valence-corrected chi connectivity index (χ2v) is 9.56. The van der Waals surface area contributed by atoms with Gasteiger partial charge in [0.05, 0.1) is 24.1 Å². The molecule has 2 aromatic carbocycles. The van der Waals surface area contributed by atoms with Gasteiger partial charge in [-0.1, -0.05) is 12.1 Å². The van der Waals surface area contributed by atoms with Crippen LogP contribution in [0.15, 0.2) is 51.8 Å². The number of anilines is 1. The molecular formula is C20H21N3O4S2. The molecule has 1 atom stereocenters. The third-order valence-electron chi connectivity index (χ3n) is 4.77. The normalized spacial score (nSPS) is 17.7. The number of ether oxygens (including phenoxy) is 1. The molecule has 0 spiro atoms. The molecule has 1 amide bonds. The Kier molecular flexibility index (Phi) is 5.26. The first kappa shape index (κ1) is 19.8. The third kappa shape index (κ3) is 4.11. The van der Waals surface area contributed by atoms with Gasteiger partial charge in [-0.25, -0.2) is 8.42 Å². The molecule has 29 heavy (non-hydrogen) atoms. The Morgan fingerprint density at radius 1 is 1.28 bits per heavy atom. The molecule has 0 bridgehead atoms. The summed E-state index contributed by atoms with van der Waals surface area (Å²) in [6.45, 7) is 4.85. The lowest BCUT2D eigenvalue weighted by Gasteiger charge is -2.22. The molecule has 4 rings (SSSR count). The molecule has 0 aromatic heterocycles. The molecule has 0 radical (unpaired) electrons. The fourth-order valence-corrected chi connectivity index (χ4v) is 5.55. The fraction of sp³-hybridized carbons (Fsp3) is 0.300. The molecule has 9 heteroatoms. The van der Waals surface area contributed by atoms with Gasteiger partial charge in [0.25, 0.3) is 15.9 Å². The molecule has 152 valence electrons. The van der Waals surface area contributed by atoms with E-state index in [2.05, 4.69) is 9.71 Å². The standard InChI is InChI=1S/C20H21N3O4S2/c1-3-27-16-7-4-14(5-8-16)13(2)21-19(24)15-6-9-17-18(12-15)28-20-22-29(25,26)11-10-23(17)20/h4-9,12-13H,3,10-11H2,1-2H3,(H,21,24). The summed E-state index contributed by atoms with van der Waals surface area (Å²) in [4.78, 5) is 15.4. The maximum Gasteiger partial charge on any atom is 0.257 e. The predicted molar refractivity (Wildman–Crippen MR) is 114 cm³/mol. The van der Waals surface area contributed by atoms with Gasteiger partial charge in [-0.15, -0.1) is 4.40 Å². The number of thioether (sulfide) groups is 1. The Balaban J connectivity index is 1.48. The monoisotopic (exact) mass is 431 g/mol. The zero-order valence-corrected chi connectivity index (χ0v) is 17.7. The number of fused-ring (bicyclic) bond motifs is 3. The predicted octanol–water partition coefficient (Wildman–Crippen LogP) is 3.19. The summed E-state index contributed by atoms with van der Waals surface area (Å²) >= 11 is 1.28. The fourth-order valence-electron chi connectivity index (χ4n) is 3.25. The molecule has 2 heterocycles. The van der Waals surface area contributed by atoms with Gasteiger partial charge in [-0.05, 0) is 61.5 Å². The van der Waals surface area contributed by atoms with Gasteiger partial charge in [0, 0.05) is 17.0 Å². The van der Waals surface area contributed by atoms with Crippen LogP contribution in [0.5, 0.6) is 5.75 Å². The van der Waals surface area contributed by atoms with E-state index >= 15 is 0 Å². The Morgan fingerprint density at radius 3 is 2.76 bits per heavy atom. The van der Waals surface area contributed by atoms with Crippen LogP contribution < -0.4 is 15.0 Å². The van der Waals surface area contributed by atoms with Crippen molar-refractivity contribution in [2.75, 3.05) is 23.8 Å². The van der Waals surface area contributed by atoms with Crippen LogP contribution in [0.4, 0.5) is 5.69 Å². The minimum absolute atomic E-state index is 0.00165. The van der Waals surface area contributed by atoms with Crippen molar-refractivity contribution in [1.82, 2.24) is 5.32 Å². The van der Waals surface area contributed by atoms with Crippen molar-refractivity contribution in [1.29, 1.82) is 0 Å². The van der Waals surface area contributed by atoms with Gasteiger partial charge in [0.15, 0.2) is 5.17 Å². The number of amidine groups is 1. The number of hydrogen-bond donors (Lipinski definition) is 1. The van der Waals surface area contributed by atoms with Gasteiger partial charge in [0.1, 0.15) is 5.75 Å². The topological polar surface area (TPSA) is 88.1 Å². The third-order valence-corrected chi connectivity index (χ3v) is 7.08. The highest BCUT2D eigenvalue weighted by Gasteiger charge is 2.33. The van der Waals surface area contributed by atoms with Crippen LogP contribution in [-0.2, 0) is 10.0 Å². The average molecular weight is 432 g/mol. The van der Waals surface area contributed by atoms with E-state index in [-0.39, 0.29) is 17.7 Å². The highest BCUT2D eigenvalue weighted by Crippen LogP contribution is 2.42. The van der Waals surface area contributed by atoms with Crippen LogP contribution in [0, 0.1) is 0 Å². The SMILES string of the molecule is CCOc1ccc(C(C)NC(=O)c2ccc3c(c2)SC2=NS(=O)(=O)CCN23)cc1. The molecule has 1 N–H and O–H groups in total. The first-order valence-corrected chi connectivity index (χ1v) is 11.7. The second-order valence-electron chi connectivity index (χ2n) is 6.79. The van der Waals surface area contributed by atoms with Crippen LogP contribution in [0.25, 0.3) is 0 Å². The summed E-state index contributed by atoms with van der Waals surface area (Å²) in [5, 5.41) is 3.45. The summed E-state index contributed by atoms with van der Waals surface area (Å²) in [5.74, 6) is 0.610. The maximum atomic E-state index is 12.7. The largest absolute Gasteiger partial charge is 0.494 e. The van der Waals surface area contributed by atoms with Crippen LogP contribution in [0.2, 0.25) is 0 Å². The molecule has 7 nitrogen and oxygen atoms in total. The number of amides is 1. The number of hydrogen-bond acceptors (Lipinski definition) is 6. The van der Waals surface area contributed by atoms with Crippen molar-refractivity contribution in [3.63, 3.8) is 0 Å². The summed E-state index contributed by atoms with van der Waals surface area (Å²) in [5.41, 5.74) is 2.39. The first-order chi connectivity index (χ1) is 13.9. The molecule has 0 saturated carbocycles. The molecule has 1 unspecified atom stereocenters. The zero-order valence-electron chi connectivity index (χ0n) is 16.1. The van der Waals surface area contributed by atoms with Crippen LogP contribution >= 0.6 is 11.8 Å². The quantitative estimate of drug-likeness (QED) is 0.782. The Hall–Kier alpha value is -2.52. The van der Waals surface area contributed by atoms with Gasteiger partial charge in [-0.2, -0.15) is 0 Å². The lowest BCUT2D eigenvalue weighted by atomic mass is 10.1. The average Bonchev–Trinajstić information content (AvgIpc) is 3.03. The first-order valence-electron chi connectivity index (χ1n) is 9.32. The highest BCUT2D eigenvalue weighted by molar-refractivity contribution is 8.15. The summed E-state index contributed by atoms with van der Waals surface area (Å²) in [6.07, 6.45) is 0. The maximum absolute atomic E-state index is 12.7. The van der Waals surface area contributed by atoms with E-state index in [0.29, 0.717) is 23.9 Å². The molecule has 2 aromatic rings. The molecule has 2 aliphatic heterocycles. The number of rotatable bonds is 5. The number of nitrogens with zero attached hydrogens (tertiary/aromatic N) is 2. The molecular weight excluding hydrogens is 410 g/mol. The minimum Gasteiger partial charge on any atom is -0.494 e. The minimum atomic E-state index is -3.40. The van der Waals surface area contributed by atoms with E-state index in [4.69, 9.17) is 4.74 Å². The van der Waals surface area contributed by atoms with Gasteiger partial charge >= 0.3 is 0 Å². The Bertz CT molecular complexity index is 1080. The molecule has 0 aliphatic carbocycles. The van der Waals surface area contributed by atoms with Crippen molar-refractivity contribution < 1.29 is 17.9 Å². The number of carbonyl (C=O) groups excluding carboxylic acids is 1. The number of benzene rings is 2. The van der Waals surface area contributed by atoms with E-state index in [1.165, 1.54) is 11.8 Å². The van der Waals surface area contributed by atoms with Crippen molar-refractivity contribution in [3.8, 4) is 5.75 Å². The van der Waals surface area contributed by atoms with Gasteiger partial charge in [-0.3, -0.25) is 4.79 Å². The zero-order chi connectivity index (χ0) is 20.6. The Labute approximate surface area is 174 Å². The summed E-state index contributed by atoms with van der Waals surface area (Å²) in [7, 11) is -3.40. The molecule has 2 aliphatic rings. The smallest absolute Gasteiger partial charge is 0.257 e.